The summed E-state index contributed by atoms with van der Waals surface area (Å²) >= 11 is 1.39. The number of thioether (sulfide) groups is 1. The summed E-state index contributed by atoms with van der Waals surface area (Å²) in [7, 11) is 0. The fourth-order valence-corrected chi connectivity index (χ4v) is 3.39. The molecule has 27 heavy (non-hydrogen) atoms. The van der Waals surface area contributed by atoms with Crippen LogP contribution >= 0.6 is 11.8 Å². The van der Waals surface area contributed by atoms with E-state index in [9.17, 15) is 18.0 Å². The minimum Gasteiger partial charge on any atom is -0.406 e. The maximum absolute atomic E-state index is 12.4. The lowest BCUT2D eigenvalue weighted by atomic mass is 10.2. The standard InChI is InChI=1S/C19H15F3N2O2S/c1-12(27-17-10-11-23-16-5-3-2-4-15(16)17)18(25)24-13-6-8-14(9-7-13)26-19(20,21)22/h2-12H,1H3,(H,24,25). The van der Waals surface area contributed by atoms with Gasteiger partial charge in [-0.25, -0.2) is 0 Å². The van der Waals surface area contributed by atoms with Gasteiger partial charge in [0.15, 0.2) is 0 Å². The number of aromatic nitrogens is 1. The summed E-state index contributed by atoms with van der Waals surface area (Å²) in [5.41, 5.74) is 1.23. The van der Waals surface area contributed by atoms with Crippen LogP contribution in [0.5, 0.6) is 5.75 Å². The molecule has 0 aliphatic carbocycles. The largest absolute Gasteiger partial charge is 0.573 e. The van der Waals surface area contributed by atoms with E-state index in [1.807, 2.05) is 30.3 Å². The van der Waals surface area contributed by atoms with E-state index in [1.54, 1.807) is 13.1 Å². The number of benzene rings is 2. The van der Waals surface area contributed by atoms with Crippen molar-refractivity contribution in [1.29, 1.82) is 0 Å². The van der Waals surface area contributed by atoms with Gasteiger partial charge >= 0.3 is 6.36 Å². The second-order valence-corrected chi connectivity index (χ2v) is 7.03. The monoisotopic (exact) mass is 392 g/mol. The molecule has 0 saturated carbocycles. The van der Waals surface area contributed by atoms with Crippen molar-refractivity contribution >= 4 is 34.3 Å². The van der Waals surface area contributed by atoms with E-state index in [1.165, 1.54) is 23.9 Å². The van der Waals surface area contributed by atoms with Crippen LogP contribution in [0.25, 0.3) is 10.9 Å². The highest BCUT2D eigenvalue weighted by Crippen LogP contribution is 2.30. The number of ether oxygens (including phenoxy) is 1. The van der Waals surface area contributed by atoms with Gasteiger partial charge in [-0.1, -0.05) is 18.2 Å². The normalized spacial score (nSPS) is 12.6. The van der Waals surface area contributed by atoms with Crippen molar-refractivity contribution in [2.45, 2.75) is 23.4 Å². The highest BCUT2D eigenvalue weighted by Gasteiger charge is 2.31. The second kappa shape index (κ2) is 7.87. The van der Waals surface area contributed by atoms with E-state index in [0.717, 1.165) is 27.9 Å². The molecule has 140 valence electrons. The molecule has 1 amide bonds. The van der Waals surface area contributed by atoms with Gasteiger partial charge in [-0.2, -0.15) is 0 Å². The van der Waals surface area contributed by atoms with Crippen LogP contribution in [0.1, 0.15) is 6.92 Å². The fraction of sp³-hybridized carbons (Fsp3) is 0.158. The summed E-state index contributed by atoms with van der Waals surface area (Å²) < 4.78 is 40.3. The number of pyridine rings is 1. The first-order chi connectivity index (χ1) is 12.8. The van der Waals surface area contributed by atoms with Gasteiger partial charge in [-0.3, -0.25) is 9.78 Å². The number of nitrogens with zero attached hydrogens (tertiary/aromatic N) is 1. The number of anilines is 1. The third kappa shape index (κ3) is 5.13. The average molecular weight is 392 g/mol. The topological polar surface area (TPSA) is 51.2 Å². The van der Waals surface area contributed by atoms with Crippen LogP contribution in [-0.2, 0) is 4.79 Å². The lowest BCUT2D eigenvalue weighted by molar-refractivity contribution is -0.274. The van der Waals surface area contributed by atoms with Crippen molar-refractivity contribution in [3.8, 4) is 5.75 Å². The Hall–Kier alpha value is -2.74. The summed E-state index contributed by atoms with van der Waals surface area (Å²) in [5, 5.41) is 3.23. The maximum Gasteiger partial charge on any atom is 0.573 e. The van der Waals surface area contributed by atoms with Gasteiger partial charge in [-0.05, 0) is 43.3 Å². The maximum atomic E-state index is 12.4. The Bertz CT molecular complexity index is 940. The van der Waals surface area contributed by atoms with E-state index in [0.29, 0.717) is 5.69 Å². The van der Waals surface area contributed by atoms with Gasteiger partial charge in [0.25, 0.3) is 0 Å². The number of fused-ring (bicyclic) bond motifs is 1. The SMILES string of the molecule is CC(Sc1ccnc2ccccc12)C(=O)Nc1ccc(OC(F)(F)F)cc1. The van der Waals surface area contributed by atoms with Crippen molar-refractivity contribution in [3.05, 3.63) is 60.8 Å². The van der Waals surface area contributed by atoms with Gasteiger partial charge < -0.3 is 10.1 Å². The van der Waals surface area contributed by atoms with E-state index in [-0.39, 0.29) is 11.7 Å². The molecule has 1 atom stereocenters. The quantitative estimate of drug-likeness (QED) is 0.603. The number of nitrogens with one attached hydrogen (secondary N) is 1. The molecular weight excluding hydrogens is 377 g/mol. The Morgan fingerprint density at radius 3 is 2.52 bits per heavy atom. The minimum atomic E-state index is -4.75. The van der Waals surface area contributed by atoms with E-state index in [4.69, 9.17) is 0 Å². The second-order valence-electron chi connectivity index (χ2n) is 5.65. The molecule has 3 aromatic rings. The molecular formula is C19H15F3N2O2S. The third-order valence-electron chi connectivity index (χ3n) is 3.64. The van der Waals surface area contributed by atoms with Crippen LogP contribution in [-0.4, -0.2) is 22.5 Å². The van der Waals surface area contributed by atoms with Gasteiger partial charge in [0.05, 0.1) is 10.8 Å². The number of carbonyl (C=O) groups is 1. The van der Waals surface area contributed by atoms with E-state index < -0.39 is 11.6 Å². The summed E-state index contributed by atoms with van der Waals surface area (Å²) in [6, 6.07) is 14.5. The van der Waals surface area contributed by atoms with Crippen LogP contribution < -0.4 is 10.1 Å². The molecule has 0 bridgehead atoms. The number of hydrogen-bond acceptors (Lipinski definition) is 4. The molecule has 0 saturated heterocycles. The number of amides is 1. The summed E-state index contributed by atoms with van der Waals surface area (Å²) in [5.74, 6) is -0.600. The molecule has 4 nitrogen and oxygen atoms in total. The molecule has 0 radical (unpaired) electrons. The highest BCUT2D eigenvalue weighted by atomic mass is 32.2. The van der Waals surface area contributed by atoms with Crippen LogP contribution in [0.2, 0.25) is 0 Å². The van der Waals surface area contributed by atoms with Crippen molar-refractivity contribution in [3.63, 3.8) is 0 Å². The fourth-order valence-electron chi connectivity index (χ4n) is 2.40. The molecule has 1 N–H and O–H groups in total. The third-order valence-corrected chi connectivity index (χ3v) is 4.82. The van der Waals surface area contributed by atoms with Gasteiger partial charge in [0, 0.05) is 22.2 Å². The van der Waals surface area contributed by atoms with Crippen LogP contribution in [0.15, 0.2) is 65.7 Å². The summed E-state index contributed by atoms with van der Waals surface area (Å²) in [6.45, 7) is 1.76. The zero-order valence-corrected chi connectivity index (χ0v) is 15.0. The Labute approximate surface area is 157 Å². The molecule has 8 heteroatoms. The molecule has 0 spiro atoms. The number of carbonyl (C=O) groups excluding carboxylic acids is 1. The molecule has 2 aromatic carbocycles. The highest BCUT2D eigenvalue weighted by molar-refractivity contribution is 8.00. The average Bonchev–Trinajstić information content (AvgIpc) is 2.62. The first-order valence-corrected chi connectivity index (χ1v) is 8.87. The molecule has 0 aliphatic rings. The van der Waals surface area contributed by atoms with Crippen LogP contribution in [0.3, 0.4) is 0 Å². The van der Waals surface area contributed by atoms with Crippen molar-refractivity contribution in [1.82, 2.24) is 4.98 Å². The minimum absolute atomic E-state index is 0.259. The number of rotatable bonds is 5. The predicted molar refractivity (Wildman–Crippen MR) is 98.8 cm³/mol. The van der Waals surface area contributed by atoms with E-state index >= 15 is 0 Å². The Kier molecular flexibility index (Phi) is 5.55. The number of hydrogen-bond donors (Lipinski definition) is 1. The van der Waals surface area contributed by atoms with Gasteiger partial charge in [0.2, 0.25) is 5.91 Å². The smallest absolute Gasteiger partial charge is 0.406 e. The van der Waals surface area contributed by atoms with Crippen LogP contribution in [0.4, 0.5) is 18.9 Å². The number of para-hydroxylation sites is 1. The molecule has 0 aliphatic heterocycles. The Morgan fingerprint density at radius 1 is 1.11 bits per heavy atom. The van der Waals surface area contributed by atoms with Gasteiger partial charge in [-0.15, -0.1) is 24.9 Å². The Morgan fingerprint density at radius 2 is 1.81 bits per heavy atom. The van der Waals surface area contributed by atoms with Crippen molar-refractivity contribution in [2.75, 3.05) is 5.32 Å². The molecule has 1 aromatic heterocycles. The molecule has 1 heterocycles. The van der Waals surface area contributed by atoms with Crippen molar-refractivity contribution < 1.29 is 22.7 Å². The number of alkyl halides is 3. The molecule has 1 unspecified atom stereocenters. The van der Waals surface area contributed by atoms with E-state index in [2.05, 4.69) is 15.0 Å². The van der Waals surface area contributed by atoms with Crippen LogP contribution in [0, 0.1) is 0 Å². The first kappa shape index (κ1) is 19.0. The Balaban J connectivity index is 1.65. The predicted octanol–water partition coefficient (Wildman–Crippen LogP) is 5.25. The first-order valence-electron chi connectivity index (χ1n) is 7.99. The molecule has 0 fully saturated rings. The van der Waals surface area contributed by atoms with Gasteiger partial charge in [0.1, 0.15) is 5.75 Å². The zero-order chi connectivity index (χ0) is 19.4. The lowest BCUT2D eigenvalue weighted by Gasteiger charge is -2.14. The molecule has 3 rings (SSSR count). The number of halogens is 3. The zero-order valence-electron chi connectivity index (χ0n) is 14.2. The van der Waals surface area contributed by atoms with Crippen molar-refractivity contribution in [2.24, 2.45) is 0 Å². The lowest BCUT2D eigenvalue weighted by Crippen LogP contribution is -2.22. The summed E-state index contributed by atoms with van der Waals surface area (Å²) in [6.07, 6.45) is -3.06. The summed E-state index contributed by atoms with van der Waals surface area (Å²) in [4.78, 5) is 17.6.